The lowest BCUT2D eigenvalue weighted by Crippen LogP contribution is -2.16. The fraction of sp³-hybridized carbons (Fsp3) is 0.562. The van der Waals surface area contributed by atoms with Gasteiger partial charge in [0, 0.05) is 6.42 Å². The number of hydrogen-bond donors (Lipinski definition) is 0. The summed E-state index contributed by atoms with van der Waals surface area (Å²) in [6.45, 7) is 1.90. The van der Waals surface area contributed by atoms with Gasteiger partial charge in [0.15, 0.2) is 5.78 Å². The fourth-order valence-electron chi connectivity index (χ4n) is 3.83. The molecule has 0 spiro atoms. The van der Waals surface area contributed by atoms with Crippen LogP contribution in [-0.4, -0.2) is 5.78 Å². The number of hydrogen-bond acceptors (Lipinski definition) is 1. The van der Waals surface area contributed by atoms with Gasteiger partial charge in [-0.1, -0.05) is 18.1 Å². The molecule has 96 valence electrons. The quantitative estimate of drug-likeness (QED) is 0.732. The lowest BCUT2D eigenvalue weighted by Gasteiger charge is -2.20. The Kier molecular flexibility index (Phi) is 2.96. The highest BCUT2D eigenvalue weighted by atomic mass is 19.1. The molecule has 0 saturated heterocycles. The minimum Gasteiger partial charge on any atom is -0.294 e. The van der Waals surface area contributed by atoms with Gasteiger partial charge in [-0.25, -0.2) is 4.39 Å². The Labute approximate surface area is 107 Å². The molecule has 3 rings (SSSR count). The summed E-state index contributed by atoms with van der Waals surface area (Å²) >= 11 is 0. The van der Waals surface area contributed by atoms with Crippen LogP contribution in [0.4, 0.5) is 4.39 Å². The van der Waals surface area contributed by atoms with E-state index in [-0.39, 0.29) is 17.2 Å². The molecule has 1 nitrogen and oxygen atoms in total. The van der Waals surface area contributed by atoms with Gasteiger partial charge in [-0.3, -0.25) is 4.79 Å². The van der Waals surface area contributed by atoms with Crippen LogP contribution in [0.15, 0.2) is 18.2 Å². The molecule has 2 aliphatic rings. The molecule has 2 saturated carbocycles. The Hall–Kier alpha value is -1.18. The number of ketones is 1. The Morgan fingerprint density at radius 3 is 2.83 bits per heavy atom. The molecule has 2 fully saturated rings. The van der Waals surface area contributed by atoms with Crippen LogP contribution >= 0.6 is 0 Å². The van der Waals surface area contributed by atoms with Crippen molar-refractivity contribution >= 4 is 5.78 Å². The number of fused-ring (bicyclic) bond motifs is 2. The number of halogens is 1. The lowest BCUT2D eigenvalue weighted by molar-refractivity contribution is 0.0940. The van der Waals surface area contributed by atoms with Crippen LogP contribution in [0.5, 0.6) is 0 Å². The van der Waals surface area contributed by atoms with Crippen LogP contribution < -0.4 is 0 Å². The van der Waals surface area contributed by atoms with E-state index in [9.17, 15) is 9.18 Å². The third kappa shape index (κ3) is 2.09. The van der Waals surface area contributed by atoms with Crippen molar-refractivity contribution in [1.82, 2.24) is 0 Å². The maximum Gasteiger partial charge on any atom is 0.166 e. The predicted octanol–water partition coefficient (Wildman–Crippen LogP) is 4.14. The summed E-state index contributed by atoms with van der Waals surface area (Å²) in [5, 5.41) is 0. The third-order valence-corrected chi connectivity index (χ3v) is 4.75. The van der Waals surface area contributed by atoms with E-state index in [0.717, 1.165) is 17.4 Å². The zero-order chi connectivity index (χ0) is 12.7. The SMILES string of the molecule is Cc1ccc(F)c(C(=O)CC2CC3CCC2C3)c1. The molecule has 2 heteroatoms. The van der Waals surface area contributed by atoms with Crippen molar-refractivity contribution in [2.24, 2.45) is 17.8 Å². The second-order valence-corrected chi connectivity index (χ2v) is 6.05. The first-order valence-electron chi connectivity index (χ1n) is 6.93. The van der Waals surface area contributed by atoms with Crippen molar-refractivity contribution in [3.8, 4) is 0 Å². The molecule has 0 amide bonds. The van der Waals surface area contributed by atoms with Crippen LogP contribution in [0.1, 0.15) is 48.0 Å². The van der Waals surface area contributed by atoms with E-state index in [4.69, 9.17) is 0 Å². The van der Waals surface area contributed by atoms with Crippen LogP contribution in [-0.2, 0) is 0 Å². The maximum atomic E-state index is 13.7. The van der Waals surface area contributed by atoms with Gasteiger partial charge in [-0.2, -0.15) is 0 Å². The molecule has 0 aliphatic heterocycles. The highest BCUT2D eigenvalue weighted by Crippen LogP contribution is 2.49. The molecule has 3 atom stereocenters. The summed E-state index contributed by atoms with van der Waals surface area (Å²) in [5.41, 5.74) is 1.24. The highest BCUT2D eigenvalue weighted by Gasteiger charge is 2.40. The zero-order valence-corrected chi connectivity index (χ0v) is 10.8. The van der Waals surface area contributed by atoms with Gasteiger partial charge in [0.1, 0.15) is 5.82 Å². The normalized spacial score (nSPS) is 29.8. The number of carbonyl (C=O) groups excluding carboxylic acids is 1. The van der Waals surface area contributed by atoms with Crippen molar-refractivity contribution in [2.75, 3.05) is 0 Å². The Morgan fingerprint density at radius 2 is 2.17 bits per heavy atom. The van der Waals surface area contributed by atoms with E-state index in [1.165, 1.54) is 31.7 Å². The van der Waals surface area contributed by atoms with Crippen molar-refractivity contribution in [2.45, 2.75) is 39.0 Å². The Morgan fingerprint density at radius 1 is 1.33 bits per heavy atom. The number of carbonyl (C=O) groups is 1. The smallest absolute Gasteiger partial charge is 0.166 e. The second-order valence-electron chi connectivity index (χ2n) is 6.05. The molecule has 0 aromatic heterocycles. The lowest BCUT2D eigenvalue weighted by atomic mass is 9.84. The van der Waals surface area contributed by atoms with Crippen molar-refractivity contribution in [3.63, 3.8) is 0 Å². The van der Waals surface area contributed by atoms with E-state index in [0.29, 0.717) is 12.3 Å². The van der Waals surface area contributed by atoms with E-state index in [1.807, 2.05) is 6.92 Å². The van der Waals surface area contributed by atoms with Gasteiger partial charge < -0.3 is 0 Å². The summed E-state index contributed by atoms with van der Waals surface area (Å²) in [5.74, 6) is 1.71. The topological polar surface area (TPSA) is 17.1 Å². The first-order chi connectivity index (χ1) is 8.63. The van der Waals surface area contributed by atoms with Gasteiger partial charge >= 0.3 is 0 Å². The predicted molar refractivity (Wildman–Crippen MR) is 69.0 cm³/mol. The summed E-state index contributed by atoms with van der Waals surface area (Å²) in [6.07, 6.45) is 5.65. The molecule has 0 radical (unpaired) electrons. The standard InChI is InChI=1S/C16H19FO/c1-10-2-5-15(17)14(6-10)16(18)9-13-8-11-3-4-12(13)7-11/h2,5-6,11-13H,3-4,7-9H2,1H3. The molecule has 3 unspecified atom stereocenters. The maximum absolute atomic E-state index is 13.7. The Bertz CT molecular complexity index is 480. The van der Waals surface area contributed by atoms with Gasteiger partial charge in [0.2, 0.25) is 0 Å². The largest absolute Gasteiger partial charge is 0.294 e. The number of aryl methyl sites for hydroxylation is 1. The average Bonchev–Trinajstić information content (AvgIpc) is 2.94. The van der Waals surface area contributed by atoms with Crippen LogP contribution in [0.3, 0.4) is 0 Å². The summed E-state index contributed by atoms with van der Waals surface area (Å²) in [6, 6.07) is 4.80. The summed E-state index contributed by atoms with van der Waals surface area (Å²) < 4.78 is 13.7. The van der Waals surface area contributed by atoms with Crippen LogP contribution in [0.2, 0.25) is 0 Å². The van der Waals surface area contributed by atoms with Gasteiger partial charge in [-0.15, -0.1) is 0 Å². The minimum absolute atomic E-state index is 0.00579. The van der Waals surface area contributed by atoms with E-state index >= 15 is 0 Å². The van der Waals surface area contributed by atoms with E-state index in [2.05, 4.69) is 0 Å². The monoisotopic (exact) mass is 246 g/mol. The zero-order valence-electron chi connectivity index (χ0n) is 10.8. The molecular formula is C16H19FO. The second kappa shape index (κ2) is 4.49. The van der Waals surface area contributed by atoms with Gasteiger partial charge in [0.25, 0.3) is 0 Å². The number of benzene rings is 1. The molecule has 0 N–H and O–H groups in total. The third-order valence-electron chi connectivity index (χ3n) is 4.75. The van der Waals surface area contributed by atoms with Crippen molar-refractivity contribution in [1.29, 1.82) is 0 Å². The first-order valence-corrected chi connectivity index (χ1v) is 6.93. The molecule has 2 bridgehead atoms. The molecule has 1 aromatic carbocycles. The average molecular weight is 246 g/mol. The molecule has 2 aliphatic carbocycles. The van der Waals surface area contributed by atoms with Gasteiger partial charge in [-0.05, 0) is 56.1 Å². The van der Waals surface area contributed by atoms with Crippen LogP contribution in [0, 0.1) is 30.5 Å². The van der Waals surface area contributed by atoms with E-state index in [1.54, 1.807) is 12.1 Å². The molecule has 0 heterocycles. The number of rotatable bonds is 3. The number of Topliss-reactive ketones (excluding diaryl/α,β-unsaturated/α-hetero) is 1. The fourth-order valence-corrected chi connectivity index (χ4v) is 3.83. The Balaban J connectivity index is 1.73. The molecule has 1 aromatic rings. The van der Waals surface area contributed by atoms with Gasteiger partial charge in [0.05, 0.1) is 5.56 Å². The van der Waals surface area contributed by atoms with Crippen molar-refractivity contribution in [3.05, 3.63) is 35.1 Å². The summed E-state index contributed by atoms with van der Waals surface area (Å²) in [4.78, 5) is 12.2. The highest BCUT2D eigenvalue weighted by molar-refractivity contribution is 5.96. The summed E-state index contributed by atoms with van der Waals surface area (Å²) in [7, 11) is 0. The molecule has 18 heavy (non-hydrogen) atoms. The van der Waals surface area contributed by atoms with Crippen molar-refractivity contribution < 1.29 is 9.18 Å². The van der Waals surface area contributed by atoms with Crippen LogP contribution in [0.25, 0.3) is 0 Å². The first kappa shape index (κ1) is 11.9. The molecular weight excluding hydrogens is 227 g/mol. The minimum atomic E-state index is -0.367. The van der Waals surface area contributed by atoms with E-state index < -0.39 is 0 Å².